The van der Waals surface area contributed by atoms with E-state index in [2.05, 4.69) is 0 Å². The molecule has 0 aliphatic carbocycles. The number of amides is 1. The molecule has 3 aromatic carbocycles. The summed E-state index contributed by atoms with van der Waals surface area (Å²) in [6.45, 7) is 5.41. The van der Waals surface area contributed by atoms with Crippen molar-refractivity contribution in [3.8, 4) is 16.9 Å². The maximum Gasteiger partial charge on any atom is 0.415 e. The Kier molecular flexibility index (Phi) is 9.11. The van der Waals surface area contributed by atoms with E-state index in [9.17, 15) is 19.8 Å². The van der Waals surface area contributed by atoms with Gasteiger partial charge in [-0.05, 0) is 67.6 Å². The zero-order chi connectivity index (χ0) is 29.6. The van der Waals surface area contributed by atoms with Crippen molar-refractivity contribution < 1.29 is 19.7 Å². The number of carbonyl (C=O) groups excluding carboxylic acids is 1. The summed E-state index contributed by atoms with van der Waals surface area (Å²) in [6, 6.07) is 28.9. The molecule has 2 N–H and O–H groups in total. The zero-order valence-corrected chi connectivity index (χ0v) is 24.0. The summed E-state index contributed by atoms with van der Waals surface area (Å²) in [4.78, 5) is 27.3. The Morgan fingerprint density at radius 3 is 2.10 bits per heavy atom. The van der Waals surface area contributed by atoms with Crippen LogP contribution in [0.3, 0.4) is 0 Å². The summed E-state index contributed by atoms with van der Waals surface area (Å²) >= 11 is 0. The molecule has 1 heterocycles. The van der Waals surface area contributed by atoms with Crippen LogP contribution in [-0.2, 0) is 12.6 Å². The van der Waals surface area contributed by atoms with Gasteiger partial charge in [0.1, 0.15) is 5.75 Å². The molecule has 1 amide bonds. The van der Waals surface area contributed by atoms with Crippen molar-refractivity contribution in [3.63, 3.8) is 0 Å². The molecular weight excluding hydrogens is 516 g/mol. The van der Waals surface area contributed by atoms with E-state index < -0.39 is 23.3 Å². The van der Waals surface area contributed by atoms with Gasteiger partial charge in [0.15, 0.2) is 0 Å². The third kappa shape index (κ3) is 7.72. The molecule has 0 saturated carbocycles. The van der Waals surface area contributed by atoms with Crippen molar-refractivity contribution in [3.05, 3.63) is 125 Å². The number of aromatic nitrogens is 1. The summed E-state index contributed by atoms with van der Waals surface area (Å²) in [7, 11) is 1.71. The number of nitrogens with zero attached hydrogens (tertiary/aromatic N) is 2. The first-order chi connectivity index (χ1) is 19.4. The first kappa shape index (κ1) is 29.8. The molecule has 7 heteroatoms. The fourth-order valence-electron chi connectivity index (χ4n) is 5.06. The third-order valence-corrected chi connectivity index (χ3v) is 7.28. The van der Waals surface area contributed by atoms with E-state index in [-0.39, 0.29) is 24.9 Å². The predicted octanol–water partition coefficient (Wildman–Crippen LogP) is 6.05. The van der Waals surface area contributed by atoms with Crippen molar-refractivity contribution in [2.45, 2.75) is 50.9 Å². The van der Waals surface area contributed by atoms with Gasteiger partial charge >= 0.3 is 6.09 Å². The van der Waals surface area contributed by atoms with Crippen LogP contribution >= 0.6 is 0 Å². The monoisotopic (exact) mass is 554 g/mol. The van der Waals surface area contributed by atoms with Crippen molar-refractivity contribution in [1.82, 2.24) is 9.47 Å². The number of aryl methyl sites for hydroxylation is 1. The van der Waals surface area contributed by atoms with Crippen LogP contribution in [0.2, 0.25) is 0 Å². The highest BCUT2D eigenvalue weighted by Gasteiger charge is 2.37. The lowest BCUT2D eigenvalue weighted by Gasteiger charge is -2.37. The van der Waals surface area contributed by atoms with E-state index in [1.54, 1.807) is 62.3 Å². The van der Waals surface area contributed by atoms with Crippen LogP contribution in [0.5, 0.6) is 5.75 Å². The highest BCUT2D eigenvalue weighted by Crippen LogP contribution is 2.35. The molecular formula is C34H38N2O5. The third-order valence-electron chi connectivity index (χ3n) is 7.28. The first-order valence-electron chi connectivity index (χ1n) is 13.8. The lowest BCUT2D eigenvalue weighted by atomic mass is 9.81. The van der Waals surface area contributed by atoms with Crippen LogP contribution in [0.25, 0.3) is 11.1 Å². The standard InChI is InChI=1S/C34H38N2O5/c1-25(26-15-17-27(18-16-26)28-19-21-35(4)31(37)23-28)36(32(38)41-30-13-9-6-10-14-30)22-20-34(40,24-33(2,3)39)29-11-7-5-8-12-29/h5-19,21,23,25,39-40H,20,22,24H2,1-4H3. The number of aliphatic hydroxyl groups is 2. The summed E-state index contributed by atoms with van der Waals surface area (Å²) in [5.41, 5.74) is 0.630. The normalized spacial score (nSPS) is 13.7. The average Bonchev–Trinajstić information content (AvgIpc) is 2.95. The van der Waals surface area contributed by atoms with Gasteiger partial charge in [0.05, 0.1) is 17.2 Å². The SMILES string of the molecule is CC(c1ccc(-c2ccn(C)c(=O)c2)cc1)N(CCC(O)(CC(C)(C)O)c1ccccc1)C(=O)Oc1ccccc1. The molecule has 0 aliphatic heterocycles. The number of para-hydroxylation sites is 1. The van der Waals surface area contributed by atoms with Gasteiger partial charge in [-0.15, -0.1) is 0 Å². The second kappa shape index (κ2) is 12.5. The quantitative estimate of drug-likeness (QED) is 0.249. The minimum Gasteiger partial charge on any atom is -0.410 e. The Labute approximate surface area is 241 Å². The molecule has 214 valence electrons. The first-order valence-corrected chi connectivity index (χ1v) is 13.8. The number of benzene rings is 3. The summed E-state index contributed by atoms with van der Waals surface area (Å²) in [6.07, 6.45) is 1.46. The van der Waals surface area contributed by atoms with Crippen molar-refractivity contribution in [2.75, 3.05) is 6.54 Å². The highest BCUT2D eigenvalue weighted by atomic mass is 16.6. The van der Waals surface area contributed by atoms with Crippen molar-refractivity contribution in [1.29, 1.82) is 0 Å². The van der Waals surface area contributed by atoms with Crippen LogP contribution in [0, 0.1) is 0 Å². The van der Waals surface area contributed by atoms with Crippen molar-refractivity contribution in [2.24, 2.45) is 7.05 Å². The Hall–Kier alpha value is -4.20. The van der Waals surface area contributed by atoms with Gasteiger partial charge in [-0.2, -0.15) is 0 Å². The van der Waals surface area contributed by atoms with Gasteiger partial charge in [0.25, 0.3) is 5.56 Å². The average molecular weight is 555 g/mol. The minimum atomic E-state index is -1.38. The van der Waals surface area contributed by atoms with Gasteiger partial charge in [0, 0.05) is 32.3 Å². The van der Waals surface area contributed by atoms with Crippen LogP contribution in [0.1, 0.15) is 50.8 Å². The van der Waals surface area contributed by atoms with E-state index >= 15 is 0 Å². The lowest BCUT2D eigenvalue weighted by molar-refractivity contribution is -0.0598. The zero-order valence-electron chi connectivity index (χ0n) is 24.0. The van der Waals surface area contributed by atoms with Crippen LogP contribution in [-0.4, -0.2) is 37.9 Å². The Balaban J connectivity index is 1.63. The molecule has 0 radical (unpaired) electrons. The molecule has 7 nitrogen and oxygen atoms in total. The fourth-order valence-corrected chi connectivity index (χ4v) is 5.06. The number of ether oxygens (including phenoxy) is 1. The molecule has 4 aromatic rings. The maximum atomic E-state index is 13.6. The van der Waals surface area contributed by atoms with Gasteiger partial charge in [-0.1, -0.05) is 72.8 Å². The van der Waals surface area contributed by atoms with Gasteiger partial charge in [0.2, 0.25) is 0 Å². The molecule has 41 heavy (non-hydrogen) atoms. The molecule has 0 bridgehead atoms. The molecule has 0 fully saturated rings. The largest absolute Gasteiger partial charge is 0.415 e. The van der Waals surface area contributed by atoms with E-state index in [4.69, 9.17) is 4.74 Å². The molecule has 0 saturated heterocycles. The summed E-state index contributed by atoms with van der Waals surface area (Å²) < 4.78 is 7.25. The second-order valence-electron chi connectivity index (χ2n) is 11.2. The molecule has 1 aromatic heterocycles. The second-order valence-corrected chi connectivity index (χ2v) is 11.2. The van der Waals surface area contributed by atoms with Gasteiger partial charge in [-0.3, -0.25) is 4.79 Å². The van der Waals surface area contributed by atoms with Crippen LogP contribution in [0.15, 0.2) is 108 Å². The van der Waals surface area contributed by atoms with E-state index in [0.29, 0.717) is 11.3 Å². The van der Waals surface area contributed by atoms with Crippen LogP contribution in [0.4, 0.5) is 4.79 Å². The van der Waals surface area contributed by atoms with E-state index in [1.807, 2.05) is 73.7 Å². The van der Waals surface area contributed by atoms with E-state index in [0.717, 1.165) is 16.7 Å². The number of pyridine rings is 1. The number of hydrogen-bond donors (Lipinski definition) is 2. The highest BCUT2D eigenvalue weighted by molar-refractivity contribution is 5.71. The summed E-state index contributed by atoms with van der Waals surface area (Å²) in [5, 5.41) is 22.5. The predicted molar refractivity (Wildman–Crippen MR) is 161 cm³/mol. The van der Waals surface area contributed by atoms with E-state index in [1.165, 1.54) is 4.57 Å². The van der Waals surface area contributed by atoms with Crippen LogP contribution < -0.4 is 10.3 Å². The molecule has 0 aliphatic rings. The molecule has 0 spiro atoms. The van der Waals surface area contributed by atoms with Crippen molar-refractivity contribution >= 4 is 6.09 Å². The summed E-state index contributed by atoms with van der Waals surface area (Å²) in [5.74, 6) is 0.422. The fraction of sp³-hybridized carbons (Fsp3) is 0.294. The maximum absolute atomic E-state index is 13.6. The smallest absolute Gasteiger partial charge is 0.410 e. The molecule has 2 unspecified atom stereocenters. The number of hydrogen-bond acceptors (Lipinski definition) is 5. The molecule has 2 atom stereocenters. The Morgan fingerprint density at radius 1 is 0.902 bits per heavy atom. The Bertz CT molecular complexity index is 1490. The number of rotatable bonds is 10. The lowest BCUT2D eigenvalue weighted by Crippen LogP contribution is -2.42. The Morgan fingerprint density at radius 2 is 1.51 bits per heavy atom. The van der Waals surface area contributed by atoms with Gasteiger partial charge in [-0.25, -0.2) is 4.79 Å². The molecule has 4 rings (SSSR count). The number of carbonyl (C=O) groups is 1. The topological polar surface area (TPSA) is 92.0 Å². The van der Waals surface area contributed by atoms with Gasteiger partial charge < -0.3 is 24.4 Å². The minimum absolute atomic E-state index is 0.0885.